The Hall–Kier alpha value is -2.46. The first-order valence-electron chi connectivity index (χ1n) is 8.08. The molecule has 142 valence electrons. The van der Waals surface area contributed by atoms with Gasteiger partial charge in [0.15, 0.2) is 0 Å². The van der Waals surface area contributed by atoms with Gasteiger partial charge in [-0.25, -0.2) is 8.42 Å². The van der Waals surface area contributed by atoms with E-state index in [1.54, 1.807) is 0 Å². The van der Waals surface area contributed by atoms with Crippen molar-refractivity contribution in [3.05, 3.63) is 24.3 Å². The van der Waals surface area contributed by atoms with Gasteiger partial charge < -0.3 is 16.0 Å². The zero-order valence-electron chi connectivity index (χ0n) is 14.6. The normalized spacial score (nSPS) is 14.0. The minimum Gasteiger partial charge on any atom is -0.352 e. The van der Waals surface area contributed by atoms with Gasteiger partial charge in [-0.1, -0.05) is 0 Å². The van der Waals surface area contributed by atoms with Crippen LogP contribution < -0.4 is 16.0 Å². The zero-order chi connectivity index (χ0) is 19.3. The van der Waals surface area contributed by atoms with Crippen molar-refractivity contribution in [1.29, 1.82) is 0 Å². The molecule has 1 aromatic carbocycles. The molecule has 1 aliphatic rings. The Bertz CT molecular complexity index is 787. The average Bonchev–Trinajstić information content (AvgIpc) is 3.36. The van der Waals surface area contributed by atoms with Gasteiger partial charge in [0.05, 0.1) is 18.0 Å². The second-order valence-corrected chi connectivity index (χ2v) is 8.13. The zero-order valence-corrected chi connectivity index (χ0v) is 15.4. The molecule has 2 rings (SSSR count). The molecule has 0 heterocycles. The van der Waals surface area contributed by atoms with E-state index in [9.17, 15) is 22.8 Å². The summed E-state index contributed by atoms with van der Waals surface area (Å²) in [6, 6.07) is 5.81. The van der Waals surface area contributed by atoms with Crippen molar-refractivity contribution >= 4 is 33.4 Å². The SMILES string of the molecule is CC(=O)Nc1ccc(S(=O)(=O)N(C)CC(=O)NCC(=O)NC2CC2)cc1. The Kier molecular flexibility index (Phi) is 6.32. The molecule has 0 bridgehead atoms. The first kappa shape index (κ1) is 19.9. The lowest BCUT2D eigenvalue weighted by atomic mass is 10.3. The molecule has 0 spiro atoms. The second-order valence-electron chi connectivity index (χ2n) is 6.09. The number of hydrogen-bond donors (Lipinski definition) is 3. The van der Waals surface area contributed by atoms with Crippen LogP contribution in [-0.2, 0) is 24.4 Å². The van der Waals surface area contributed by atoms with Crippen LogP contribution in [0.3, 0.4) is 0 Å². The highest BCUT2D eigenvalue weighted by Crippen LogP contribution is 2.18. The number of anilines is 1. The number of nitrogens with zero attached hydrogens (tertiary/aromatic N) is 1. The number of amides is 3. The molecule has 0 aliphatic heterocycles. The van der Waals surface area contributed by atoms with E-state index in [4.69, 9.17) is 0 Å². The highest BCUT2D eigenvalue weighted by atomic mass is 32.2. The van der Waals surface area contributed by atoms with Gasteiger partial charge in [-0.3, -0.25) is 14.4 Å². The minimum absolute atomic E-state index is 0.00613. The highest BCUT2D eigenvalue weighted by molar-refractivity contribution is 7.89. The fourth-order valence-electron chi connectivity index (χ4n) is 2.12. The summed E-state index contributed by atoms with van der Waals surface area (Å²) in [7, 11) is -2.59. The van der Waals surface area contributed by atoms with Crippen LogP contribution in [-0.4, -0.2) is 56.6 Å². The Morgan fingerprint density at radius 2 is 1.73 bits per heavy atom. The Labute approximate surface area is 152 Å². The lowest BCUT2D eigenvalue weighted by Gasteiger charge is -2.17. The van der Waals surface area contributed by atoms with Gasteiger partial charge in [-0.05, 0) is 37.1 Å². The molecule has 9 nitrogen and oxygen atoms in total. The number of sulfonamides is 1. The lowest BCUT2D eigenvalue weighted by Crippen LogP contribution is -2.43. The number of benzene rings is 1. The molecule has 1 fully saturated rings. The summed E-state index contributed by atoms with van der Waals surface area (Å²) >= 11 is 0. The van der Waals surface area contributed by atoms with Crippen LogP contribution in [0.4, 0.5) is 5.69 Å². The number of likely N-dealkylation sites (N-methyl/N-ethyl adjacent to an activating group) is 1. The maximum atomic E-state index is 12.5. The monoisotopic (exact) mass is 382 g/mol. The summed E-state index contributed by atoms with van der Waals surface area (Å²) in [5.74, 6) is -1.13. The summed E-state index contributed by atoms with van der Waals surface area (Å²) in [4.78, 5) is 34.4. The number of hydrogen-bond acceptors (Lipinski definition) is 5. The third-order valence-corrected chi connectivity index (χ3v) is 5.46. The maximum absolute atomic E-state index is 12.5. The third-order valence-electron chi connectivity index (χ3n) is 3.64. The van der Waals surface area contributed by atoms with E-state index in [0.29, 0.717) is 5.69 Å². The quantitative estimate of drug-likeness (QED) is 0.567. The Morgan fingerprint density at radius 3 is 2.27 bits per heavy atom. The molecule has 0 aromatic heterocycles. The predicted octanol–water partition coefficient (Wildman–Crippen LogP) is -0.340. The Balaban J connectivity index is 1.89. The van der Waals surface area contributed by atoms with E-state index in [0.717, 1.165) is 17.1 Å². The third kappa shape index (κ3) is 5.81. The molecule has 10 heteroatoms. The number of carbonyl (C=O) groups is 3. The molecule has 3 N–H and O–H groups in total. The van der Waals surface area contributed by atoms with Crippen molar-refractivity contribution in [2.45, 2.75) is 30.7 Å². The van der Waals surface area contributed by atoms with E-state index >= 15 is 0 Å². The van der Waals surface area contributed by atoms with Gasteiger partial charge in [-0.15, -0.1) is 0 Å². The smallest absolute Gasteiger partial charge is 0.243 e. The van der Waals surface area contributed by atoms with E-state index in [1.807, 2.05) is 0 Å². The van der Waals surface area contributed by atoms with Crippen LogP contribution in [0.1, 0.15) is 19.8 Å². The van der Waals surface area contributed by atoms with Crippen LogP contribution in [0.5, 0.6) is 0 Å². The van der Waals surface area contributed by atoms with Gasteiger partial charge in [0.2, 0.25) is 27.7 Å². The van der Waals surface area contributed by atoms with Gasteiger partial charge in [0, 0.05) is 25.7 Å². The molecular weight excluding hydrogens is 360 g/mol. The predicted molar refractivity (Wildman–Crippen MR) is 94.7 cm³/mol. The topological polar surface area (TPSA) is 125 Å². The van der Waals surface area contributed by atoms with E-state index < -0.39 is 22.5 Å². The standard InChI is InChI=1S/C16H22N4O5S/c1-11(21)18-12-5-7-14(8-6-12)26(24,25)20(2)10-16(23)17-9-15(22)19-13-3-4-13/h5-8,13H,3-4,9-10H2,1-2H3,(H,17,23)(H,18,21)(H,19,22). The van der Waals surface area contributed by atoms with E-state index in [1.165, 1.54) is 38.2 Å². The molecule has 0 atom stereocenters. The number of rotatable bonds is 8. The molecule has 3 amide bonds. The van der Waals surface area contributed by atoms with Crippen LogP contribution in [0.25, 0.3) is 0 Å². The highest BCUT2D eigenvalue weighted by Gasteiger charge is 2.25. The van der Waals surface area contributed by atoms with Gasteiger partial charge in [0.25, 0.3) is 0 Å². The molecule has 1 aliphatic carbocycles. The van der Waals surface area contributed by atoms with Crippen LogP contribution in [0.15, 0.2) is 29.2 Å². The fourth-order valence-corrected chi connectivity index (χ4v) is 3.25. The van der Waals surface area contributed by atoms with Crippen molar-refractivity contribution < 1.29 is 22.8 Å². The summed E-state index contributed by atoms with van der Waals surface area (Å²) in [5, 5.41) is 7.66. The minimum atomic E-state index is -3.87. The Morgan fingerprint density at radius 1 is 1.12 bits per heavy atom. The van der Waals surface area contributed by atoms with E-state index in [-0.39, 0.29) is 29.3 Å². The van der Waals surface area contributed by atoms with Gasteiger partial charge in [-0.2, -0.15) is 4.31 Å². The van der Waals surface area contributed by atoms with Crippen molar-refractivity contribution in [2.75, 3.05) is 25.5 Å². The second kappa shape index (κ2) is 8.28. The first-order chi connectivity index (χ1) is 12.2. The summed E-state index contributed by atoms with van der Waals surface area (Å²) in [6.45, 7) is 0.753. The molecule has 1 aromatic rings. The molecule has 0 saturated heterocycles. The summed E-state index contributed by atoms with van der Waals surface area (Å²) in [6.07, 6.45) is 1.89. The lowest BCUT2D eigenvalue weighted by molar-refractivity contribution is -0.126. The van der Waals surface area contributed by atoms with Crippen LogP contribution in [0, 0.1) is 0 Å². The average molecular weight is 382 g/mol. The fraction of sp³-hybridized carbons (Fsp3) is 0.438. The largest absolute Gasteiger partial charge is 0.352 e. The van der Waals surface area contributed by atoms with Gasteiger partial charge >= 0.3 is 0 Å². The maximum Gasteiger partial charge on any atom is 0.243 e. The van der Waals surface area contributed by atoms with Crippen LogP contribution in [0.2, 0.25) is 0 Å². The van der Waals surface area contributed by atoms with E-state index in [2.05, 4.69) is 16.0 Å². The first-order valence-corrected chi connectivity index (χ1v) is 9.52. The number of nitrogens with one attached hydrogen (secondary N) is 3. The van der Waals surface area contributed by atoms with Crippen molar-refractivity contribution in [1.82, 2.24) is 14.9 Å². The van der Waals surface area contributed by atoms with Crippen molar-refractivity contribution in [2.24, 2.45) is 0 Å². The molecular formula is C16H22N4O5S. The van der Waals surface area contributed by atoms with Crippen molar-refractivity contribution in [3.8, 4) is 0 Å². The molecule has 0 unspecified atom stereocenters. The van der Waals surface area contributed by atoms with Gasteiger partial charge in [0.1, 0.15) is 0 Å². The number of carbonyl (C=O) groups excluding carboxylic acids is 3. The molecule has 0 radical (unpaired) electrons. The van der Waals surface area contributed by atoms with Crippen molar-refractivity contribution in [3.63, 3.8) is 0 Å². The molecule has 1 saturated carbocycles. The van der Waals surface area contributed by atoms with Crippen LogP contribution >= 0.6 is 0 Å². The summed E-state index contributed by atoms with van der Waals surface area (Å²) < 4.78 is 25.8. The summed E-state index contributed by atoms with van der Waals surface area (Å²) in [5.41, 5.74) is 0.471. The molecule has 26 heavy (non-hydrogen) atoms.